The van der Waals surface area contributed by atoms with Crippen LogP contribution < -0.4 is 4.74 Å². The normalized spacial score (nSPS) is 12.1. The lowest BCUT2D eigenvalue weighted by Gasteiger charge is -2.17. The van der Waals surface area contributed by atoms with Crippen molar-refractivity contribution in [1.82, 2.24) is 4.90 Å². The highest BCUT2D eigenvalue weighted by Crippen LogP contribution is 2.24. The van der Waals surface area contributed by atoms with Crippen molar-refractivity contribution in [3.63, 3.8) is 0 Å². The molecule has 0 spiro atoms. The van der Waals surface area contributed by atoms with Gasteiger partial charge in [-0.1, -0.05) is 0 Å². The van der Waals surface area contributed by atoms with Crippen LogP contribution in [0.3, 0.4) is 0 Å². The molecule has 0 aliphatic carbocycles. The van der Waals surface area contributed by atoms with Gasteiger partial charge in [-0.15, -0.1) is 13.2 Å². The van der Waals surface area contributed by atoms with Crippen molar-refractivity contribution in [2.24, 2.45) is 0 Å². The van der Waals surface area contributed by atoms with Crippen LogP contribution in [0.4, 0.5) is 17.6 Å². The molecular weight excluding hydrogens is 330 g/mol. The predicted octanol–water partition coefficient (Wildman–Crippen LogP) is 1.84. The lowest BCUT2D eigenvalue weighted by molar-refractivity contribution is -0.274. The summed E-state index contributed by atoms with van der Waals surface area (Å²) in [6.07, 6.45) is -3.99. The van der Waals surface area contributed by atoms with E-state index >= 15 is 0 Å². The zero-order valence-electron chi connectivity index (χ0n) is 11.6. The molecule has 0 aliphatic heterocycles. The fraction of sp³-hybridized carbons (Fsp3) is 0.417. The van der Waals surface area contributed by atoms with E-state index in [4.69, 9.17) is 0 Å². The van der Waals surface area contributed by atoms with E-state index in [0.717, 1.165) is 23.3 Å². The van der Waals surface area contributed by atoms with E-state index in [1.54, 1.807) is 0 Å². The second-order valence-electron chi connectivity index (χ2n) is 4.55. The van der Waals surface area contributed by atoms with Crippen molar-refractivity contribution in [2.45, 2.75) is 6.36 Å². The Bertz CT molecular complexity index is 658. The maximum Gasteiger partial charge on any atom is 0.573 e. The van der Waals surface area contributed by atoms with Gasteiger partial charge in [0.25, 0.3) is 5.91 Å². The van der Waals surface area contributed by atoms with Gasteiger partial charge in [-0.05, 0) is 12.1 Å². The van der Waals surface area contributed by atoms with Crippen molar-refractivity contribution in [1.29, 1.82) is 0 Å². The first-order chi connectivity index (χ1) is 9.89. The predicted molar refractivity (Wildman–Crippen MR) is 69.8 cm³/mol. The van der Waals surface area contributed by atoms with Gasteiger partial charge in [-0.25, -0.2) is 12.8 Å². The summed E-state index contributed by atoms with van der Waals surface area (Å²) in [6.45, 7) is -0.169. The smallest absolute Gasteiger partial charge is 0.406 e. The van der Waals surface area contributed by atoms with E-state index in [1.165, 1.54) is 7.05 Å². The summed E-state index contributed by atoms with van der Waals surface area (Å²) in [5, 5.41) is 0. The van der Waals surface area contributed by atoms with Crippen molar-refractivity contribution in [3.05, 3.63) is 29.6 Å². The minimum atomic E-state index is -4.97. The first-order valence-electron chi connectivity index (χ1n) is 5.87. The highest BCUT2D eigenvalue weighted by atomic mass is 32.2. The molecular formula is C12H13F4NO4S. The number of carbonyl (C=O) groups excluding carboxylic acids is 1. The molecule has 0 aliphatic rings. The lowest BCUT2D eigenvalue weighted by Crippen LogP contribution is -2.32. The maximum atomic E-state index is 13.7. The Labute approximate surface area is 124 Å². The summed E-state index contributed by atoms with van der Waals surface area (Å²) in [4.78, 5) is 12.9. The Kier molecular flexibility index (Phi) is 5.39. The van der Waals surface area contributed by atoms with Gasteiger partial charge < -0.3 is 9.64 Å². The van der Waals surface area contributed by atoms with E-state index in [0.29, 0.717) is 6.07 Å². The number of halogens is 4. The van der Waals surface area contributed by atoms with E-state index < -0.39 is 39.2 Å². The Morgan fingerprint density at radius 1 is 1.32 bits per heavy atom. The highest BCUT2D eigenvalue weighted by Gasteiger charge is 2.31. The zero-order valence-corrected chi connectivity index (χ0v) is 12.5. The fourth-order valence-electron chi connectivity index (χ4n) is 1.48. The number of sulfone groups is 1. The minimum Gasteiger partial charge on any atom is -0.406 e. The molecule has 0 heterocycles. The molecule has 0 radical (unpaired) electrons. The highest BCUT2D eigenvalue weighted by molar-refractivity contribution is 7.90. The van der Waals surface area contributed by atoms with Crippen molar-refractivity contribution >= 4 is 15.7 Å². The van der Waals surface area contributed by atoms with Crippen LogP contribution in [0.5, 0.6) is 5.75 Å². The molecule has 1 aromatic carbocycles. The minimum absolute atomic E-state index is 0.169. The largest absolute Gasteiger partial charge is 0.573 e. The van der Waals surface area contributed by atoms with Gasteiger partial charge in [0, 0.05) is 25.9 Å². The van der Waals surface area contributed by atoms with Crippen LogP contribution in [0.1, 0.15) is 10.4 Å². The van der Waals surface area contributed by atoms with Crippen LogP contribution in [0.25, 0.3) is 0 Å². The molecule has 0 N–H and O–H groups in total. The molecule has 0 saturated heterocycles. The zero-order chi connectivity index (χ0) is 17.1. The summed E-state index contributed by atoms with van der Waals surface area (Å²) >= 11 is 0. The van der Waals surface area contributed by atoms with Crippen LogP contribution in [0.15, 0.2) is 18.2 Å². The first-order valence-corrected chi connectivity index (χ1v) is 7.93. The average Bonchev–Trinajstić information content (AvgIpc) is 2.32. The third-order valence-corrected chi connectivity index (χ3v) is 3.47. The van der Waals surface area contributed by atoms with Gasteiger partial charge >= 0.3 is 6.36 Å². The molecule has 0 unspecified atom stereocenters. The third kappa shape index (κ3) is 5.88. The van der Waals surface area contributed by atoms with Gasteiger partial charge in [-0.3, -0.25) is 4.79 Å². The Morgan fingerprint density at radius 3 is 2.36 bits per heavy atom. The molecule has 124 valence electrons. The average molecular weight is 343 g/mol. The molecule has 0 fully saturated rings. The van der Waals surface area contributed by atoms with Crippen LogP contribution in [0, 0.1) is 5.82 Å². The van der Waals surface area contributed by atoms with Crippen LogP contribution in [-0.2, 0) is 9.84 Å². The Hall–Kier alpha value is -1.84. The number of ether oxygens (including phenoxy) is 1. The molecule has 0 saturated carbocycles. The van der Waals surface area contributed by atoms with E-state index in [2.05, 4.69) is 4.74 Å². The Balaban J connectivity index is 2.86. The number of alkyl halides is 3. The van der Waals surface area contributed by atoms with Crippen molar-refractivity contribution in [2.75, 3.05) is 25.6 Å². The molecule has 0 bridgehead atoms. The number of hydrogen-bond acceptors (Lipinski definition) is 4. The maximum absolute atomic E-state index is 13.7. The number of rotatable bonds is 5. The van der Waals surface area contributed by atoms with Crippen molar-refractivity contribution < 1.29 is 35.5 Å². The lowest BCUT2D eigenvalue weighted by atomic mass is 10.2. The summed E-state index contributed by atoms with van der Waals surface area (Å²) in [7, 11) is -2.05. The number of carbonyl (C=O) groups is 1. The quantitative estimate of drug-likeness (QED) is 0.766. The standard InChI is InChI=1S/C12H13F4NO4S/c1-17(5-6-22(2,19)20)11(18)9-4-3-8(7-10(9)13)21-12(14,15)16/h3-4,7H,5-6H2,1-2H3. The SMILES string of the molecule is CN(CCS(C)(=O)=O)C(=O)c1ccc(OC(F)(F)F)cc1F. The molecule has 22 heavy (non-hydrogen) atoms. The summed E-state index contributed by atoms with van der Waals surface area (Å²) in [6, 6.07) is 2.08. The second-order valence-corrected chi connectivity index (χ2v) is 6.81. The van der Waals surface area contributed by atoms with Crippen LogP contribution in [0.2, 0.25) is 0 Å². The van der Waals surface area contributed by atoms with Gasteiger partial charge in [0.15, 0.2) is 0 Å². The molecule has 1 aromatic rings. The Morgan fingerprint density at radius 2 is 1.91 bits per heavy atom. The fourth-order valence-corrected chi connectivity index (χ4v) is 2.08. The van der Waals surface area contributed by atoms with Gasteiger partial charge in [-0.2, -0.15) is 0 Å². The van der Waals surface area contributed by atoms with E-state index in [9.17, 15) is 30.8 Å². The van der Waals surface area contributed by atoms with Crippen LogP contribution in [-0.4, -0.2) is 51.2 Å². The molecule has 10 heteroatoms. The van der Waals surface area contributed by atoms with Crippen LogP contribution >= 0.6 is 0 Å². The number of hydrogen-bond donors (Lipinski definition) is 0. The molecule has 5 nitrogen and oxygen atoms in total. The summed E-state index contributed by atoms with van der Waals surface area (Å²) in [5.41, 5.74) is -0.481. The molecule has 0 aromatic heterocycles. The van der Waals surface area contributed by atoms with Gasteiger partial charge in [0.05, 0.1) is 11.3 Å². The van der Waals surface area contributed by atoms with Gasteiger partial charge in [0.2, 0.25) is 0 Å². The van der Waals surface area contributed by atoms with Crippen molar-refractivity contribution in [3.8, 4) is 5.75 Å². The monoisotopic (exact) mass is 343 g/mol. The topological polar surface area (TPSA) is 63.7 Å². The van der Waals surface area contributed by atoms with E-state index in [-0.39, 0.29) is 12.3 Å². The second kappa shape index (κ2) is 6.51. The molecule has 1 rings (SSSR count). The molecule has 1 amide bonds. The van der Waals surface area contributed by atoms with E-state index in [1.807, 2.05) is 0 Å². The molecule has 0 atom stereocenters. The number of amides is 1. The number of nitrogens with zero attached hydrogens (tertiary/aromatic N) is 1. The summed E-state index contributed by atoms with van der Waals surface area (Å²) < 4.78 is 75.2. The summed E-state index contributed by atoms with van der Waals surface area (Å²) in [5.74, 6) is -3.15. The number of benzene rings is 1. The third-order valence-electron chi connectivity index (χ3n) is 2.55. The van der Waals surface area contributed by atoms with Gasteiger partial charge in [0.1, 0.15) is 21.4 Å². The first kappa shape index (κ1) is 18.2.